The number of methoxy groups -OCH3 is 2. The smallest absolute Gasteiger partial charge is 0.227 e. The maximum atomic E-state index is 12.5. The lowest BCUT2D eigenvalue weighted by atomic mass is 9.99. The molecule has 5 heteroatoms. The van der Waals surface area contributed by atoms with E-state index in [1.165, 1.54) is 0 Å². The number of aryl methyl sites for hydroxylation is 1. The summed E-state index contributed by atoms with van der Waals surface area (Å²) in [6.07, 6.45) is 0.627. The van der Waals surface area contributed by atoms with Gasteiger partial charge in [-0.25, -0.2) is 0 Å². The van der Waals surface area contributed by atoms with Gasteiger partial charge >= 0.3 is 0 Å². The molecule has 2 aromatic rings. The third-order valence-electron chi connectivity index (χ3n) is 3.88. The second-order valence-electron chi connectivity index (χ2n) is 5.74. The van der Waals surface area contributed by atoms with Gasteiger partial charge < -0.3 is 14.8 Å². The van der Waals surface area contributed by atoms with E-state index in [4.69, 9.17) is 9.47 Å². The molecule has 0 aliphatic heterocycles. The highest BCUT2D eigenvalue weighted by Crippen LogP contribution is 2.28. The average molecular weight is 392 g/mol. The van der Waals surface area contributed by atoms with Crippen LogP contribution in [0, 0.1) is 12.8 Å². The van der Waals surface area contributed by atoms with Crippen LogP contribution in [0.2, 0.25) is 0 Å². The van der Waals surface area contributed by atoms with E-state index in [9.17, 15) is 4.79 Å². The molecule has 4 nitrogen and oxygen atoms in total. The van der Waals surface area contributed by atoms with Gasteiger partial charge in [-0.05, 0) is 54.8 Å². The molecule has 1 atom stereocenters. The Bertz CT molecular complexity index is 731. The predicted octanol–water partition coefficient (Wildman–Crippen LogP) is 4.59. The largest absolute Gasteiger partial charge is 0.493 e. The Labute approximate surface area is 151 Å². The number of halogens is 1. The molecule has 0 bridgehead atoms. The van der Waals surface area contributed by atoms with Crippen LogP contribution in [-0.4, -0.2) is 20.1 Å². The van der Waals surface area contributed by atoms with Crippen LogP contribution in [0.3, 0.4) is 0 Å². The number of hydrogen-bond acceptors (Lipinski definition) is 3. The third-order valence-corrected chi connectivity index (χ3v) is 4.38. The van der Waals surface area contributed by atoms with Crippen molar-refractivity contribution in [3.63, 3.8) is 0 Å². The molecule has 0 aliphatic rings. The summed E-state index contributed by atoms with van der Waals surface area (Å²) in [5.41, 5.74) is 2.89. The van der Waals surface area contributed by atoms with E-state index in [1.807, 2.05) is 50.2 Å². The van der Waals surface area contributed by atoms with E-state index in [1.54, 1.807) is 14.2 Å². The molecule has 1 N–H and O–H groups in total. The van der Waals surface area contributed by atoms with Crippen LogP contribution >= 0.6 is 15.9 Å². The normalized spacial score (nSPS) is 11.7. The summed E-state index contributed by atoms with van der Waals surface area (Å²) in [5.74, 6) is 1.19. The molecule has 0 heterocycles. The lowest BCUT2D eigenvalue weighted by Gasteiger charge is -2.15. The summed E-state index contributed by atoms with van der Waals surface area (Å²) in [5, 5.41) is 2.99. The Hall–Kier alpha value is -2.01. The van der Waals surface area contributed by atoms with Crippen LogP contribution in [0.5, 0.6) is 11.5 Å². The van der Waals surface area contributed by atoms with Crippen molar-refractivity contribution in [3.8, 4) is 11.5 Å². The molecule has 2 rings (SSSR count). The second-order valence-corrected chi connectivity index (χ2v) is 6.66. The molecule has 0 fully saturated rings. The lowest BCUT2D eigenvalue weighted by Crippen LogP contribution is -2.22. The summed E-state index contributed by atoms with van der Waals surface area (Å²) in [6, 6.07) is 11.5. The first-order valence-corrected chi connectivity index (χ1v) is 8.51. The van der Waals surface area contributed by atoms with Crippen molar-refractivity contribution in [1.29, 1.82) is 0 Å². The van der Waals surface area contributed by atoms with Gasteiger partial charge in [-0.1, -0.05) is 28.9 Å². The minimum atomic E-state index is -0.161. The van der Waals surface area contributed by atoms with E-state index in [2.05, 4.69) is 21.2 Å². The molecule has 0 saturated heterocycles. The molecule has 0 aliphatic carbocycles. The van der Waals surface area contributed by atoms with Gasteiger partial charge in [0, 0.05) is 16.1 Å². The topological polar surface area (TPSA) is 47.6 Å². The Balaban J connectivity index is 2.06. The van der Waals surface area contributed by atoms with E-state index < -0.39 is 0 Å². The zero-order valence-corrected chi connectivity index (χ0v) is 15.9. The summed E-state index contributed by atoms with van der Waals surface area (Å²) in [4.78, 5) is 12.5. The van der Waals surface area contributed by atoms with Gasteiger partial charge in [0.25, 0.3) is 0 Å². The zero-order chi connectivity index (χ0) is 17.7. The van der Waals surface area contributed by atoms with Gasteiger partial charge in [0.05, 0.1) is 14.2 Å². The first-order valence-electron chi connectivity index (χ1n) is 7.72. The SMILES string of the molecule is COc1ccc(CC(C)C(=O)Nc2ccc(Br)cc2C)cc1OC. The quantitative estimate of drug-likeness (QED) is 0.782. The van der Waals surface area contributed by atoms with Crippen LogP contribution in [0.1, 0.15) is 18.1 Å². The Morgan fingerprint density at radius 3 is 2.46 bits per heavy atom. The van der Waals surface area contributed by atoms with Gasteiger partial charge in [-0.3, -0.25) is 4.79 Å². The van der Waals surface area contributed by atoms with Crippen LogP contribution in [0.25, 0.3) is 0 Å². The number of carbonyl (C=O) groups excluding carboxylic acids is 1. The van der Waals surface area contributed by atoms with Crippen molar-refractivity contribution >= 4 is 27.5 Å². The van der Waals surface area contributed by atoms with Crippen molar-refractivity contribution in [2.75, 3.05) is 19.5 Å². The standard InChI is InChI=1S/C19H22BrNO3/c1-12-10-15(20)6-7-16(12)21-19(22)13(2)9-14-5-8-17(23-3)18(11-14)24-4/h5-8,10-11,13H,9H2,1-4H3,(H,21,22). The van der Waals surface area contributed by atoms with E-state index in [0.29, 0.717) is 17.9 Å². The molecule has 1 amide bonds. The summed E-state index contributed by atoms with van der Waals surface area (Å²) in [7, 11) is 3.21. The van der Waals surface area contributed by atoms with Crippen molar-refractivity contribution in [2.24, 2.45) is 5.92 Å². The molecule has 1 unspecified atom stereocenters. The summed E-state index contributed by atoms with van der Waals surface area (Å²) >= 11 is 3.43. The van der Waals surface area contributed by atoms with Gasteiger partial charge in [-0.15, -0.1) is 0 Å². The van der Waals surface area contributed by atoms with Crippen molar-refractivity contribution in [1.82, 2.24) is 0 Å². The first kappa shape index (κ1) is 18.3. The van der Waals surface area contributed by atoms with Crippen LogP contribution in [-0.2, 0) is 11.2 Å². The molecule has 0 radical (unpaired) electrons. The van der Waals surface area contributed by atoms with Crippen molar-refractivity contribution in [2.45, 2.75) is 20.3 Å². The molecular weight excluding hydrogens is 370 g/mol. The third kappa shape index (κ3) is 4.51. The number of anilines is 1. The number of benzene rings is 2. The fourth-order valence-corrected chi connectivity index (χ4v) is 2.95. The number of hydrogen-bond donors (Lipinski definition) is 1. The number of ether oxygens (including phenoxy) is 2. The molecule has 2 aromatic carbocycles. The van der Waals surface area contributed by atoms with Crippen LogP contribution in [0.4, 0.5) is 5.69 Å². The van der Waals surface area contributed by atoms with Gasteiger partial charge in [-0.2, -0.15) is 0 Å². The summed E-state index contributed by atoms with van der Waals surface area (Å²) < 4.78 is 11.5. The molecular formula is C19H22BrNO3. The molecule has 0 spiro atoms. The number of rotatable bonds is 6. The monoisotopic (exact) mass is 391 g/mol. The maximum absolute atomic E-state index is 12.5. The highest BCUT2D eigenvalue weighted by Gasteiger charge is 2.16. The average Bonchev–Trinajstić information content (AvgIpc) is 2.57. The maximum Gasteiger partial charge on any atom is 0.227 e. The van der Waals surface area contributed by atoms with E-state index >= 15 is 0 Å². The molecule has 0 aromatic heterocycles. The number of nitrogens with one attached hydrogen (secondary N) is 1. The van der Waals surface area contributed by atoms with Gasteiger partial charge in [0.15, 0.2) is 11.5 Å². The fraction of sp³-hybridized carbons (Fsp3) is 0.316. The minimum Gasteiger partial charge on any atom is -0.493 e. The van der Waals surface area contributed by atoms with Crippen LogP contribution < -0.4 is 14.8 Å². The van der Waals surface area contributed by atoms with Gasteiger partial charge in [0.1, 0.15) is 0 Å². The predicted molar refractivity (Wildman–Crippen MR) is 99.9 cm³/mol. The minimum absolute atomic E-state index is 0.00444. The summed E-state index contributed by atoms with van der Waals surface area (Å²) in [6.45, 7) is 3.89. The molecule has 24 heavy (non-hydrogen) atoms. The van der Waals surface area contributed by atoms with E-state index in [-0.39, 0.29) is 11.8 Å². The first-order chi connectivity index (χ1) is 11.4. The Kier molecular flexibility index (Phi) is 6.26. The number of carbonyl (C=O) groups is 1. The highest BCUT2D eigenvalue weighted by atomic mass is 79.9. The lowest BCUT2D eigenvalue weighted by molar-refractivity contribution is -0.119. The Morgan fingerprint density at radius 1 is 1.12 bits per heavy atom. The van der Waals surface area contributed by atoms with Crippen molar-refractivity contribution < 1.29 is 14.3 Å². The second kappa shape index (κ2) is 8.20. The number of amides is 1. The van der Waals surface area contributed by atoms with Gasteiger partial charge in [0.2, 0.25) is 5.91 Å². The van der Waals surface area contributed by atoms with E-state index in [0.717, 1.165) is 21.3 Å². The van der Waals surface area contributed by atoms with Crippen molar-refractivity contribution in [3.05, 3.63) is 52.0 Å². The fourth-order valence-electron chi connectivity index (χ4n) is 2.48. The molecule has 0 saturated carbocycles. The Morgan fingerprint density at radius 2 is 1.83 bits per heavy atom. The highest BCUT2D eigenvalue weighted by molar-refractivity contribution is 9.10. The molecule has 128 valence electrons. The van der Waals surface area contributed by atoms with Crippen LogP contribution in [0.15, 0.2) is 40.9 Å². The zero-order valence-electron chi connectivity index (χ0n) is 14.4.